The van der Waals surface area contributed by atoms with E-state index in [4.69, 9.17) is 17.3 Å². The van der Waals surface area contributed by atoms with E-state index in [9.17, 15) is 9.90 Å². The minimum Gasteiger partial charge on any atom is -0.387 e. The Labute approximate surface area is 136 Å². The zero-order chi connectivity index (χ0) is 14.5. The summed E-state index contributed by atoms with van der Waals surface area (Å²) in [6.45, 7) is 0.770. The molecule has 1 fully saturated rings. The molecule has 0 radical (unpaired) electrons. The van der Waals surface area contributed by atoms with E-state index < -0.39 is 6.10 Å². The zero-order valence-electron chi connectivity index (χ0n) is 11.8. The summed E-state index contributed by atoms with van der Waals surface area (Å²) in [5, 5.41) is 13.5. The summed E-state index contributed by atoms with van der Waals surface area (Å²) in [5.41, 5.74) is 6.43. The molecule has 21 heavy (non-hydrogen) atoms. The number of hydrogen-bond donors (Lipinski definition) is 3. The van der Waals surface area contributed by atoms with Gasteiger partial charge in [-0.25, -0.2) is 0 Å². The van der Waals surface area contributed by atoms with Gasteiger partial charge in [-0.05, 0) is 43.0 Å². The smallest absolute Gasteiger partial charge is 0.223 e. The molecule has 0 bridgehead atoms. The second kappa shape index (κ2) is 8.59. The number of carbonyl (C=O) groups is 1. The fraction of sp³-hybridized carbons (Fsp3) is 0.533. The normalized spacial score (nSPS) is 22.4. The molecule has 118 valence electrons. The number of rotatable bonds is 5. The highest BCUT2D eigenvalue weighted by Gasteiger charge is 2.31. The van der Waals surface area contributed by atoms with Crippen molar-refractivity contribution in [2.45, 2.75) is 25.4 Å². The Hall–Kier alpha value is -0.810. The topological polar surface area (TPSA) is 75.4 Å². The first kappa shape index (κ1) is 18.2. The van der Waals surface area contributed by atoms with Crippen LogP contribution in [0.4, 0.5) is 0 Å². The summed E-state index contributed by atoms with van der Waals surface area (Å²) in [7, 11) is 0. The van der Waals surface area contributed by atoms with Crippen LogP contribution in [0.3, 0.4) is 0 Å². The van der Waals surface area contributed by atoms with Crippen LogP contribution >= 0.6 is 24.0 Å². The number of carbonyl (C=O) groups excluding carboxylic acids is 1. The molecule has 0 aliphatic heterocycles. The molecule has 0 spiro atoms. The third kappa shape index (κ3) is 4.85. The molecule has 4 N–H and O–H groups in total. The quantitative estimate of drug-likeness (QED) is 0.774. The largest absolute Gasteiger partial charge is 0.387 e. The number of halogens is 2. The fourth-order valence-electron chi connectivity index (χ4n) is 2.80. The molecule has 3 atom stereocenters. The molecule has 1 aromatic carbocycles. The van der Waals surface area contributed by atoms with E-state index in [-0.39, 0.29) is 36.7 Å². The van der Waals surface area contributed by atoms with Crippen LogP contribution < -0.4 is 11.1 Å². The first-order valence-corrected chi connectivity index (χ1v) is 7.41. The van der Waals surface area contributed by atoms with E-state index in [0.29, 0.717) is 11.6 Å². The Balaban J connectivity index is 0.00000220. The maximum absolute atomic E-state index is 12.1. The van der Waals surface area contributed by atoms with Gasteiger partial charge >= 0.3 is 0 Å². The second-order valence-corrected chi connectivity index (χ2v) is 5.78. The molecule has 4 nitrogen and oxygen atoms in total. The van der Waals surface area contributed by atoms with Crippen LogP contribution in [0.1, 0.15) is 30.9 Å². The summed E-state index contributed by atoms with van der Waals surface area (Å²) >= 11 is 5.80. The fourth-order valence-corrected chi connectivity index (χ4v) is 2.92. The van der Waals surface area contributed by atoms with Crippen molar-refractivity contribution >= 4 is 29.9 Å². The molecule has 1 amide bonds. The predicted octanol–water partition coefficient (Wildman–Crippen LogP) is 2.29. The van der Waals surface area contributed by atoms with Crippen LogP contribution in [0.15, 0.2) is 24.3 Å². The third-order valence-electron chi connectivity index (χ3n) is 4.02. The summed E-state index contributed by atoms with van der Waals surface area (Å²) in [5.74, 6) is 0.283. The van der Waals surface area contributed by atoms with Gasteiger partial charge in [0, 0.05) is 17.5 Å². The maximum Gasteiger partial charge on any atom is 0.223 e. The SMILES string of the molecule is Cl.NC[C@H]1CCC[C@H]1C(=O)NCC(O)c1ccc(Cl)cc1. The van der Waals surface area contributed by atoms with E-state index in [1.165, 1.54) is 0 Å². The van der Waals surface area contributed by atoms with Crippen molar-refractivity contribution in [2.24, 2.45) is 17.6 Å². The van der Waals surface area contributed by atoms with Crippen LogP contribution in [0.2, 0.25) is 5.02 Å². The number of aliphatic hydroxyl groups excluding tert-OH is 1. The van der Waals surface area contributed by atoms with Gasteiger partial charge in [-0.3, -0.25) is 4.79 Å². The Morgan fingerprint density at radius 1 is 1.38 bits per heavy atom. The number of aliphatic hydroxyl groups is 1. The van der Waals surface area contributed by atoms with Gasteiger partial charge < -0.3 is 16.2 Å². The molecule has 6 heteroatoms. The molecule has 1 saturated carbocycles. The van der Waals surface area contributed by atoms with Crippen molar-refractivity contribution in [3.8, 4) is 0 Å². The van der Waals surface area contributed by atoms with Crippen LogP contribution in [-0.2, 0) is 4.79 Å². The van der Waals surface area contributed by atoms with Gasteiger partial charge in [0.1, 0.15) is 0 Å². The Kier molecular flexibility index (Phi) is 7.46. The van der Waals surface area contributed by atoms with Gasteiger partial charge in [0.15, 0.2) is 0 Å². The van der Waals surface area contributed by atoms with Gasteiger partial charge in [0.25, 0.3) is 0 Å². The van der Waals surface area contributed by atoms with E-state index in [1.807, 2.05) is 0 Å². The Morgan fingerprint density at radius 3 is 2.67 bits per heavy atom. The average molecular weight is 333 g/mol. The highest BCUT2D eigenvalue weighted by Crippen LogP contribution is 2.31. The van der Waals surface area contributed by atoms with Crippen LogP contribution in [0.5, 0.6) is 0 Å². The number of hydrogen-bond acceptors (Lipinski definition) is 3. The number of benzene rings is 1. The molecular formula is C15H22Cl2N2O2. The summed E-state index contributed by atoms with van der Waals surface area (Å²) in [6.07, 6.45) is 2.26. The monoisotopic (exact) mass is 332 g/mol. The number of amides is 1. The molecule has 1 unspecified atom stereocenters. The van der Waals surface area contributed by atoms with Crippen LogP contribution in [0, 0.1) is 11.8 Å². The highest BCUT2D eigenvalue weighted by atomic mass is 35.5. The van der Waals surface area contributed by atoms with Gasteiger partial charge in [0.05, 0.1) is 6.10 Å². The van der Waals surface area contributed by atoms with Crippen molar-refractivity contribution < 1.29 is 9.90 Å². The molecule has 1 aliphatic carbocycles. The lowest BCUT2D eigenvalue weighted by atomic mass is 9.95. The molecule has 1 aliphatic rings. The first-order valence-electron chi connectivity index (χ1n) is 7.03. The molecule has 0 heterocycles. The van der Waals surface area contributed by atoms with Crippen molar-refractivity contribution in [1.82, 2.24) is 5.32 Å². The van der Waals surface area contributed by atoms with Gasteiger partial charge in [-0.2, -0.15) is 0 Å². The lowest BCUT2D eigenvalue weighted by Crippen LogP contribution is -2.37. The van der Waals surface area contributed by atoms with Gasteiger partial charge in [-0.15, -0.1) is 12.4 Å². The standard InChI is InChI=1S/C15H21ClN2O2.ClH/c16-12-6-4-10(5-7-12)14(19)9-18-15(20)13-3-1-2-11(13)8-17;/h4-7,11,13-14,19H,1-3,8-9,17H2,(H,18,20);1H/t11-,13-,14?;/m1./s1. The molecule has 2 rings (SSSR count). The zero-order valence-corrected chi connectivity index (χ0v) is 13.4. The first-order chi connectivity index (χ1) is 9.61. The van der Waals surface area contributed by atoms with Crippen molar-refractivity contribution in [3.63, 3.8) is 0 Å². The molecule has 1 aromatic rings. The average Bonchev–Trinajstić information content (AvgIpc) is 2.93. The Bertz CT molecular complexity index is 453. The molecule has 0 aromatic heterocycles. The van der Waals surface area contributed by atoms with E-state index >= 15 is 0 Å². The molecule has 0 saturated heterocycles. The third-order valence-corrected chi connectivity index (χ3v) is 4.27. The van der Waals surface area contributed by atoms with E-state index in [2.05, 4.69) is 5.32 Å². The van der Waals surface area contributed by atoms with E-state index in [1.54, 1.807) is 24.3 Å². The number of nitrogens with one attached hydrogen (secondary N) is 1. The van der Waals surface area contributed by atoms with Crippen LogP contribution in [0.25, 0.3) is 0 Å². The van der Waals surface area contributed by atoms with Crippen molar-refractivity contribution in [1.29, 1.82) is 0 Å². The minimum absolute atomic E-state index is 0. The van der Waals surface area contributed by atoms with Crippen LogP contribution in [-0.4, -0.2) is 24.1 Å². The maximum atomic E-state index is 12.1. The van der Waals surface area contributed by atoms with Gasteiger partial charge in [0.2, 0.25) is 5.91 Å². The lowest BCUT2D eigenvalue weighted by molar-refractivity contribution is -0.126. The highest BCUT2D eigenvalue weighted by molar-refractivity contribution is 6.30. The van der Waals surface area contributed by atoms with Crippen molar-refractivity contribution in [3.05, 3.63) is 34.9 Å². The summed E-state index contributed by atoms with van der Waals surface area (Å²) in [6, 6.07) is 6.97. The number of nitrogens with two attached hydrogens (primary N) is 1. The van der Waals surface area contributed by atoms with E-state index in [0.717, 1.165) is 24.8 Å². The second-order valence-electron chi connectivity index (χ2n) is 5.35. The Morgan fingerprint density at radius 2 is 2.05 bits per heavy atom. The molecular weight excluding hydrogens is 311 g/mol. The lowest BCUT2D eigenvalue weighted by Gasteiger charge is -2.19. The predicted molar refractivity (Wildman–Crippen MR) is 86.6 cm³/mol. The minimum atomic E-state index is -0.714. The van der Waals surface area contributed by atoms with Crippen molar-refractivity contribution in [2.75, 3.05) is 13.1 Å². The van der Waals surface area contributed by atoms with Gasteiger partial charge in [-0.1, -0.05) is 30.2 Å². The summed E-state index contributed by atoms with van der Waals surface area (Å²) < 4.78 is 0. The summed E-state index contributed by atoms with van der Waals surface area (Å²) in [4.78, 5) is 12.1.